The van der Waals surface area contributed by atoms with Crippen LogP contribution in [0.2, 0.25) is 0 Å². The number of aliphatic carboxylic acids is 2. The Balaban J connectivity index is -0.000000764. The van der Waals surface area contributed by atoms with Crippen molar-refractivity contribution < 1.29 is 30.0 Å². The second-order valence-electron chi connectivity index (χ2n) is 14.7. The highest BCUT2D eigenvalue weighted by Crippen LogP contribution is 2.15. The fourth-order valence-corrected chi connectivity index (χ4v) is 6.09. The highest BCUT2D eigenvalue weighted by Gasteiger charge is 1.96. The summed E-state index contributed by atoms with van der Waals surface area (Å²) in [5, 5.41) is 33.6. The zero-order chi connectivity index (χ0) is 39.0. The van der Waals surface area contributed by atoms with Gasteiger partial charge in [0.15, 0.2) is 0 Å². The molecule has 0 aromatic rings. The summed E-state index contributed by atoms with van der Waals surface area (Å²) in [5.74, 6) is -1.66. The lowest BCUT2D eigenvalue weighted by Crippen LogP contribution is -2.25. The van der Waals surface area contributed by atoms with Crippen molar-refractivity contribution in [1.29, 1.82) is 0 Å². The molecule has 0 aliphatic rings. The van der Waals surface area contributed by atoms with E-state index in [4.69, 9.17) is 20.4 Å². The van der Waals surface area contributed by atoms with Gasteiger partial charge in [0, 0.05) is 25.2 Å². The summed E-state index contributed by atoms with van der Waals surface area (Å²) in [7, 11) is 1.85. The second kappa shape index (κ2) is 51.4. The number of allylic oxidation sites excluding steroid dienone is 2. The first kappa shape index (κ1) is 54.6. The van der Waals surface area contributed by atoms with Gasteiger partial charge in [-0.3, -0.25) is 0 Å². The molecule has 0 aliphatic heterocycles. The number of hydrogen-bond acceptors (Lipinski definition) is 5. The summed E-state index contributed by atoms with van der Waals surface area (Å²) < 4.78 is 0. The number of aliphatic hydroxyl groups is 2. The maximum atomic E-state index is 10.3. The highest BCUT2D eigenvalue weighted by atomic mass is 16.4. The van der Waals surface area contributed by atoms with E-state index >= 15 is 0 Å². The van der Waals surface area contributed by atoms with E-state index in [1.54, 1.807) is 12.2 Å². The molecule has 0 spiro atoms. The molecule has 0 heterocycles. The third-order valence-electron chi connectivity index (χ3n) is 9.43. The first-order valence-electron chi connectivity index (χ1n) is 22.0. The first-order chi connectivity index (χ1) is 25.3. The van der Waals surface area contributed by atoms with E-state index < -0.39 is 11.9 Å². The van der Waals surface area contributed by atoms with E-state index in [0.717, 1.165) is 25.7 Å². The summed E-state index contributed by atoms with van der Waals surface area (Å²) in [6.07, 6.45) is 49.0. The number of likely N-dealkylation sites (N-methyl/N-ethyl adjacent to an activating group) is 1. The lowest BCUT2D eigenvalue weighted by atomic mass is 10.0. The molecular formula is C45H89NO6. The van der Waals surface area contributed by atoms with Crippen molar-refractivity contribution >= 4 is 11.9 Å². The Bertz CT molecular complexity index is 681. The lowest BCUT2D eigenvalue weighted by molar-refractivity contribution is -0.132. The van der Waals surface area contributed by atoms with Crippen LogP contribution in [0.3, 0.4) is 0 Å². The van der Waals surface area contributed by atoms with Crippen LogP contribution in [-0.2, 0) is 9.59 Å². The number of carboxylic acids is 2. The van der Waals surface area contributed by atoms with Gasteiger partial charge in [0.25, 0.3) is 0 Å². The van der Waals surface area contributed by atoms with E-state index in [1.165, 1.54) is 192 Å². The molecule has 52 heavy (non-hydrogen) atoms. The van der Waals surface area contributed by atoms with Crippen LogP contribution in [-0.4, -0.2) is 70.6 Å². The third kappa shape index (κ3) is 60.4. The van der Waals surface area contributed by atoms with Crippen molar-refractivity contribution in [3.63, 3.8) is 0 Å². The molecule has 4 N–H and O–H groups in total. The predicted octanol–water partition coefficient (Wildman–Crippen LogP) is 12.7. The summed E-state index contributed by atoms with van der Waals surface area (Å²) >= 11 is 0. The molecule has 0 saturated carbocycles. The van der Waals surface area contributed by atoms with E-state index in [9.17, 15) is 9.59 Å². The van der Waals surface area contributed by atoms with Crippen LogP contribution in [0.25, 0.3) is 0 Å². The Morgan fingerprint density at radius 1 is 0.404 bits per heavy atom. The zero-order valence-corrected chi connectivity index (χ0v) is 34.8. The molecular weight excluding hydrogens is 650 g/mol. The minimum Gasteiger partial charge on any atom is -0.478 e. The Hall–Kier alpha value is -1.70. The maximum Gasteiger partial charge on any atom is 0.327 e. The Labute approximate surface area is 323 Å². The molecule has 0 fully saturated rings. The molecule has 0 unspecified atom stereocenters. The standard InChI is InChI=1S/2C20H38O2.C5H13NO2/c2*1-2-3-4-5-6-7-8-9-10-11-12-13-14-15-16-17-18-19-20(21)22;1-6(2-4-7)3-5-8/h2*18-19H,2-17H2,1H3,(H,21,22);7-8H,2-5H2,1H3. The summed E-state index contributed by atoms with van der Waals surface area (Å²) in [6, 6.07) is 0. The van der Waals surface area contributed by atoms with E-state index in [1.807, 2.05) is 11.9 Å². The Morgan fingerprint density at radius 2 is 0.615 bits per heavy atom. The monoisotopic (exact) mass is 740 g/mol. The number of nitrogens with zero attached hydrogens (tertiary/aromatic N) is 1. The van der Waals surface area contributed by atoms with Crippen LogP contribution in [0.15, 0.2) is 24.3 Å². The van der Waals surface area contributed by atoms with Gasteiger partial charge in [-0.15, -0.1) is 0 Å². The molecule has 0 bridgehead atoms. The molecule has 0 amide bonds. The largest absolute Gasteiger partial charge is 0.478 e. The minimum atomic E-state index is -0.832. The molecule has 7 nitrogen and oxygen atoms in total. The molecule has 0 atom stereocenters. The minimum absolute atomic E-state index is 0.163. The topological polar surface area (TPSA) is 118 Å². The van der Waals surface area contributed by atoms with Crippen molar-refractivity contribution in [3.05, 3.63) is 24.3 Å². The van der Waals surface area contributed by atoms with Gasteiger partial charge in [-0.2, -0.15) is 0 Å². The smallest absolute Gasteiger partial charge is 0.327 e. The van der Waals surface area contributed by atoms with Gasteiger partial charge < -0.3 is 25.3 Å². The fourth-order valence-electron chi connectivity index (χ4n) is 6.09. The summed E-state index contributed by atoms with van der Waals surface area (Å²) in [6.45, 7) is 6.15. The van der Waals surface area contributed by atoms with Crippen LogP contribution < -0.4 is 0 Å². The zero-order valence-electron chi connectivity index (χ0n) is 34.8. The van der Waals surface area contributed by atoms with E-state index in [2.05, 4.69) is 13.8 Å². The van der Waals surface area contributed by atoms with Gasteiger partial charge in [0.1, 0.15) is 0 Å². The van der Waals surface area contributed by atoms with E-state index in [-0.39, 0.29) is 13.2 Å². The lowest BCUT2D eigenvalue weighted by Gasteiger charge is -2.11. The number of carbonyl (C=O) groups is 2. The number of carboxylic acid groups (broad SMARTS) is 2. The van der Waals surface area contributed by atoms with Gasteiger partial charge >= 0.3 is 11.9 Å². The van der Waals surface area contributed by atoms with Crippen LogP contribution in [0, 0.1) is 0 Å². The van der Waals surface area contributed by atoms with Gasteiger partial charge in [-0.05, 0) is 32.7 Å². The van der Waals surface area contributed by atoms with Crippen molar-refractivity contribution in [3.8, 4) is 0 Å². The SMILES string of the molecule is CCCCCCCCCCCCCCCCCC=CC(=O)O.CCCCCCCCCCCCCCCCCC=CC(=O)O.CN(CCO)CCO. The number of hydrogen-bond donors (Lipinski definition) is 4. The van der Waals surface area contributed by atoms with E-state index in [0.29, 0.717) is 13.1 Å². The average molecular weight is 740 g/mol. The van der Waals surface area contributed by atoms with Crippen molar-refractivity contribution in [1.82, 2.24) is 4.90 Å². The molecule has 0 aliphatic carbocycles. The molecule has 0 radical (unpaired) electrons. The van der Waals surface area contributed by atoms with Gasteiger partial charge in [0.05, 0.1) is 13.2 Å². The maximum absolute atomic E-state index is 10.3. The summed E-state index contributed by atoms with van der Waals surface area (Å²) in [5.41, 5.74) is 0. The second-order valence-corrected chi connectivity index (χ2v) is 14.7. The number of aliphatic hydroxyl groups excluding tert-OH is 2. The number of rotatable bonds is 38. The molecule has 310 valence electrons. The Kier molecular flexibility index (Phi) is 54.0. The van der Waals surface area contributed by atoms with Crippen LogP contribution in [0.4, 0.5) is 0 Å². The fraction of sp³-hybridized carbons (Fsp3) is 0.867. The van der Waals surface area contributed by atoms with Gasteiger partial charge in [0.2, 0.25) is 0 Å². The predicted molar refractivity (Wildman–Crippen MR) is 224 cm³/mol. The van der Waals surface area contributed by atoms with Crippen LogP contribution >= 0.6 is 0 Å². The average Bonchev–Trinajstić information content (AvgIpc) is 3.11. The third-order valence-corrected chi connectivity index (χ3v) is 9.43. The summed E-state index contributed by atoms with van der Waals surface area (Å²) in [4.78, 5) is 22.4. The van der Waals surface area contributed by atoms with Crippen LogP contribution in [0.5, 0.6) is 0 Å². The van der Waals surface area contributed by atoms with Gasteiger partial charge in [-0.1, -0.05) is 206 Å². The molecule has 7 heteroatoms. The van der Waals surface area contributed by atoms with Gasteiger partial charge in [-0.25, -0.2) is 9.59 Å². The van der Waals surface area contributed by atoms with Crippen molar-refractivity contribution in [2.75, 3.05) is 33.4 Å². The quantitative estimate of drug-likeness (QED) is 0.0368. The molecule has 0 saturated heterocycles. The number of unbranched alkanes of at least 4 members (excludes halogenated alkanes) is 30. The van der Waals surface area contributed by atoms with Crippen LogP contribution in [0.1, 0.15) is 219 Å². The first-order valence-corrected chi connectivity index (χ1v) is 22.0. The highest BCUT2D eigenvalue weighted by molar-refractivity contribution is 5.79. The van der Waals surface area contributed by atoms with Crippen molar-refractivity contribution in [2.24, 2.45) is 0 Å². The Morgan fingerprint density at radius 3 is 0.808 bits per heavy atom. The molecule has 0 rings (SSSR count). The molecule has 0 aromatic heterocycles. The van der Waals surface area contributed by atoms with Crippen molar-refractivity contribution in [2.45, 2.75) is 219 Å². The normalized spacial score (nSPS) is 11.2. The molecule has 0 aromatic carbocycles.